The van der Waals surface area contributed by atoms with Crippen LogP contribution in [0.1, 0.15) is 28.5 Å². The first-order chi connectivity index (χ1) is 18.8. The van der Waals surface area contributed by atoms with Crippen molar-refractivity contribution in [1.82, 2.24) is 15.3 Å². The van der Waals surface area contributed by atoms with Crippen LogP contribution in [0.15, 0.2) is 60.8 Å². The lowest BCUT2D eigenvalue weighted by Crippen LogP contribution is -2.51. The van der Waals surface area contributed by atoms with Crippen LogP contribution < -0.4 is 20.5 Å². The monoisotopic (exact) mass is 556 g/mol. The second-order valence-corrected chi connectivity index (χ2v) is 9.74. The van der Waals surface area contributed by atoms with E-state index in [2.05, 4.69) is 15.3 Å². The highest BCUT2D eigenvalue weighted by molar-refractivity contribution is 5.99. The van der Waals surface area contributed by atoms with Crippen molar-refractivity contribution in [1.29, 1.82) is 0 Å². The molecule has 0 fully saturated rings. The van der Waals surface area contributed by atoms with Crippen LogP contribution in [0.3, 0.4) is 0 Å². The number of rotatable bonds is 6. The minimum atomic E-state index is -5.27. The first kappa shape index (κ1) is 27.3. The van der Waals surface area contributed by atoms with Gasteiger partial charge in [0.15, 0.2) is 5.75 Å². The molecule has 208 valence electrons. The van der Waals surface area contributed by atoms with Gasteiger partial charge in [0.25, 0.3) is 5.91 Å². The van der Waals surface area contributed by atoms with E-state index >= 15 is 0 Å². The Morgan fingerprint density at radius 2 is 1.93 bits per heavy atom. The molecule has 2 atom stereocenters. The van der Waals surface area contributed by atoms with Crippen molar-refractivity contribution in [3.63, 3.8) is 0 Å². The molecular weight excluding hydrogens is 532 g/mol. The lowest BCUT2D eigenvalue weighted by Gasteiger charge is -2.31. The number of amides is 1. The van der Waals surface area contributed by atoms with E-state index in [1.54, 1.807) is 19.1 Å². The van der Waals surface area contributed by atoms with Gasteiger partial charge in [0, 0.05) is 28.3 Å². The highest BCUT2D eigenvalue weighted by Crippen LogP contribution is 2.46. The number of hydrogen-bond donors (Lipinski definition) is 3. The number of aliphatic hydroxyl groups is 1. The molecule has 12 heteroatoms. The Kier molecular flexibility index (Phi) is 6.63. The Balaban J connectivity index is 1.56. The third-order valence-electron chi connectivity index (χ3n) is 6.77. The maximum Gasteiger partial charge on any atom is 0.424 e. The summed E-state index contributed by atoms with van der Waals surface area (Å²) in [6.07, 6.45) is -3.73. The fourth-order valence-corrected chi connectivity index (χ4v) is 4.51. The van der Waals surface area contributed by atoms with Gasteiger partial charge < -0.3 is 25.6 Å². The van der Waals surface area contributed by atoms with Gasteiger partial charge >= 0.3 is 6.18 Å². The van der Waals surface area contributed by atoms with E-state index in [0.717, 1.165) is 18.2 Å². The summed E-state index contributed by atoms with van der Waals surface area (Å²) < 4.78 is 68.1. The lowest BCUT2D eigenvalue weighted by molar-refractivity contribution is -0.265. The highest BCUT2D eigenvalue weighted by Gasteiger charge is 2.57. The number of alkyl halides is 3. The Morgan fingerprint density at radius 1 is 1.20 bits per heavy atom. The number of pyridine rings is 2. The third-order valence-corrected chi connectivity index (χ3v) is 6.77. The van der Waals surface area contributed by atoms with Gasteiger partial charge in [-0.2, -0.15) is 13.2 Å². The largest absolute Gasteiger partial charge is 0.494 e. The van der Waals surface area contributed by atoms with Gasteiger partial charge in [-0.3, -0.25) is 9.78 Å². The number of halogens is 4. The fourth-order valence-electron chi connectivity index (χ4n) is 4.51. The predicted octanol–water partition coefficient (Wildman–Crippen LogP) is 4.19. The summed E-state index contributed by atoms with van der Waals surface area (Å²) in [7, 11) is 1.38. The maximum atomic E-state index is 14.5. The first-order valence-electron chi connectivity index (χ1n) is 12.1. The molecule has 8 nitrogen and oxygen atoms in total. The molecule has 4 aromatic rings. The summed E-state index contributed by atoms with van der Waals surface area (Å²) in [6, 6.07) is 12.0. The molecule has 0 bridgehead atoms. The number of fused-ring (bicyclic) bond motifs is 2. The Labute approximate surface area is 225 Å². The Morgan fingerprint density at radius 3 is 2.60 bits per heavy atom. The van der Waals surface area contributed by atoms with Crippen LogP contribution in [-0.2, 0) is 11.1 Å². The molecule has 0 radical (unpaired) electrons. The molecule has 3 heterocycles. The quantitative estimate of drug-likeness (QED) is 0.305. The zero-order valence-electron chi connectivity index (χ0n) is 21.3. The molecule has 4 N–H and O–H groups in total. The van der Waals surface area contributed by atoms with E-state index in [1.165, 1.54) is 37.6 Å². The van der Waals surface area contributed by atoms with Crippen LogP contribution >= 0.6 is 0 Å². The number of carbonyl (C=O) groups excluding carboxylic acids is 1. The van der Waals surface area contributed by atoms with Crippen LogP contribution in [0.2, 0.25) is 0 Å². The number of nitrogens with zero attached hydrogens (tertiary/aromatic N) is 2. The summed E-state index contributed by atoms with van der Waals surface area (Å²) >= 11 is 0. The van der Waals surface area contributed by atoms with E-state index in [4.69, 9.17) is 15.2 Å². The number of methoxy groups -OCH3 is 1. The molecule has 5 rings (SSSR count). The van der Waals surface area contributed by atoms with Gasteiger partial charge in [-0.25, -0.2) is 9.37 Å². The summed E-state index contributed by atoms with van der Waals surface area (Å²) in [5.74, 6) is -1.07. The summed E-state index contributed by atoms with van der Waals surface area (Å²) in [4.78, 5) is 21.3. The number of aromatic nitrogens is 2. The molecule has 0 saturated heterocycles. The topological polar surface area (TPSA) is 120 Å². The molecular formula is C28H24F4N4O4. The molecule has 2 aromatic heterocycles. The van der Waals surface area contributed by atoms with E-state index in [0.29, 0.717) is 10.9 Å². The summed E-state index contributed by atoms with van der Waals surface area (Å²) in [6.45, 7) is 0.244. The standard InChI is InChI=1S/C28H24F4N4O4/c1-26(33)14-40-24-19(26)12-21(36-23(24)15-5-7-18(29)8-6-15)27(38,28(30,31)32)13-35-25(37)17-10-16-4-3-9-34-22(16)20(11-17)39-2/h3-12,38H,13-14,33H2,1-2H3,(H,35,37)/t26-,27-/m0/s1. The predicted molar refractivity (Wildman–Crippen MR) is 137 cm³/mol. The van der Waals surface area contributed by atoms with Crippen molar-refractivity contribution in [2.75, 3.05) is 20.3 Å². The smallest absolute Gasteiger partial charge is 0.424 e. The van der Waals surface area contributed by atoms with Crippen LogP contribution in [0.25, 0.3) is 22.2 Å². The average molecular weight is 557 g/mol. The van der Waals surface area contributed by atoms with Gasteiger partial charge in [0.1, 0.15) is 29.4 Å². The molecule has 0 spiro atoms. The van der Waals surface area contributed by atoms with Crippen molar-refractivity contribution in [3.8, 4) is 22.8 Å². The van der Waals surface area contributed by atoms with Crippen molar-refractivity contribution >= 4 is 16.8 Å². The molecule has 0 unspecified atom stereocenters. The SMILES string of the molecule is COc1cc(C(=O)NC[C@](O)(c2cc3c(c(-c4ccc(F)cc4)n2)OC[C@]3(C)N)C(F)(F)F)cc2cccnc12. The number of carbonyl (C=O) groups is 1. The lowest BCUT2D eigenvalue weighted by atomic mass is 9.89. The molecule has 1 amide bonds. The number of nitrogens with one attached hydrogen (secondary N) is 1. The molecule has 1 aliphatic heterocycles. The molecule has 1 aliphatic rings. The highest BCUT2D eigenvalue weighted by atomic mass is 19.4. The molecule has 2 aromatic carbocycles. The second-order valence-electron chi connectivity index (χ2n) is 9.74. The fraction of sp³-hybridized carbons (Fsp3) is 0.250. The minimum absolute atomic E-state index is 0.00118. The van der Waals surface area contributed by atoms with Crippen molar-refractivity contribution < 1.29 is 36.9 Å². The van der Waals surface area contributed by atoms with Crippen molar-refractivity contribution in [2.45, 2.75) is 24.2 Å². The van der Waals surface area contributed by atoms with E-state index < -0.39 is 41.3 Å². The zero-order chi connectivity index (χ0) is 28.9. The number of nitrogens with two attached hydrogens (primary N) is 1. The minimum Gasteiger partial charge on any atom is -0.494 e. The maximum absolute atomic E-state index is 14.5. The van der Waals surface area contributed by atoms with Gasteiger partial charge in [0.05, 0.1) is 24.9 Å². The number of hydrogen-bond acceptors (Lipinski definition) is 7. The van der Waals surface area contributed by atoms with Crippen LogP contribution in [0.5, 0.6) is 11.5 Å². The van der Waals surface area contributed by atoms with E-state index in [9.17, 15) is 27.5 Å². The molecule has 0 saturated carbocycles. The Hall–Kier alpha value is -4.29. The third kappa shape index (κ3) is 4.69. The van der Waals surface area contributed by atoms with Crippen LogP contribution in [-0.4, -0.2) is 47.4 Å². The van der Waals surface area contributed by atoms with Crippen molar-refractivity contribution in [3.05, 3.63) is 83.4 Å². The number of benzene rings is 2. The summed E-state index contributed by atoms with van der Waals surface area (Å²) in [5.41, 5.74) is 1.51. The van der Waals surface area contributed by atoms with Crippen molar-refractivity contribution in [2.24, 2.45) is 5.73 Å². The second kappa shape index (κ2) is 9.72. The van der Waals surface area contributed by atoms with Crippen LogP contribution in [0.4, 0.5) is 17.6 Å². The number of ether oxygens (including phenoxy) is 2. The first-order valence-corrected chi connectivity index (χ1v) is 12.1. The molecule has 0 aliphatic carbocycles. The normalized spacial score (nSPS) is 18.1. The van der Waals surface area contributed by atoms with E-state index in [1.807, 2.05) is 0 Å². The molecule has 40 heavy (non-hydrogen) atoms. The summed E-state index contributed by atoms with van der Waals surface area (Å²) in [5, 5.41) is 13.8. The van der Waals surface area contributed by atoms with Gasteiger partial charge in [-0.15, -0.1) is 0 Å². The average Bonchev–Trinajstić information content (AvgIpc) is 3.24. The van der Waals surface area contributed by atoms with Gasteiger partial charge in [-0.05, 0) is 55.5 Å². The van der Waals surface area contributed by atoms with E-state index in [-0.39, 0.29) is 40.5 Å². The zero-order valence-corrected chi connectivity index (χ0v) is 21.3. The van der Waals surface area contributed by atoms with Gasteiger partial charge in [0.2, 0.25) is 5.60 Å². The Bertz CT molecular complexity index is 1610. The van der Waals surface area contributed by atoms with Crippen LogP contribution in [0, 0.1) is 5.82 Å². The van der Waals surface area contributed by atoms with Gasteiger partial charge in [-0.1, -0.05) is 6.07 Å².